The van der Waals surface area contributed by atoms with Crippen LogP contribution in [0.25, 0.3) is 0 Å². The van der Waals surface area contributed by atoms with Crippen LogP contribution >= 0.6 is 15.2 Å². The SMILES string of the molecule is CCOP(=O)(OCC)C(O)(C(CC)(CC)OC(=O)CC(=O)O)P(=O)(O)O. The molecule has 0 aromatic carbocycles. The molecular formula is C13H26O11P2. The van der Waals surface area contributed by atoms with Crippen molar-refractivity contribution in [3.05, 3.63) is 0 Å². The molecule has 0 aromatic rings. The second-order valence-corrected chi connectivity index (χ2v) is 9.51. The Hall–Kier alpha value is -0.800. The van der Waals surface area contributed by atoms with Gasteiger partial charge in [-0.25, -0.2) is 0 Å². The number of hydrogen-bond donors (Lipinski definition) is 4. The van der Waals surface area contributed by atoms with Gasteiger partial charge in [0.25, 0.3) is 0 Å². The van der Waals surface area contributed by atoms with Crippen LogP contribution in [0, 0.1) is 0 Å². The van der Waals surface area contributed by atoms with Crippen LogP contribution in [0.2, 0.25) is 0 Å². The van der Waals surface area contributed by atoms with Crippen molar-refractivity contribution in [1.82, 2.24) is 0 Å². The molecule has 0 saturated heterocycles. The van der Waals surface area contributed by atoms with Gasteiger partial charge in [0.05, 0.1) is 13.2 Å². The van der Waals surface area contributed by atoms with Gasteiger partial charge >= 0.3 is 32.2 Å². The Bertz CT molecular complexity index is 585. The second-order valence-electron chi connectivity index (χ2n) is 5.26. The first kappa shape index (κ1) is 25.2. The number of ether oxygens (including phenoxy) is 1. The summed E-state index contributed by atoms with van der Waals surface area (Å²) in [5, 5.41) is 16.2. The van der Waals surface area contributed by atoms with Crippen molar-refractivity contribution in [1.29, 1.82) is 0 Å². The summed E-state index contributed by atoms with van der Waals surface area (Å²) in [5.74, 6) is -2.92. The third-order valence-electron chi connectivity index (χ3n) is 3.74. The number of carbonyl (C=O) groups is 2. The van der Waals surface area contributed by atoms with Gasteiger partial charge in [-0.2, -0.15) is 0 Å². The van der Waals surface area contributed by atoms with Crippen LogP contribution < -0.4 is 0 Å². The third-order valence-corrected chi connectivity index (χ3v) is 8.85. The van der Waals surface area contributed by atoms with E-state index in [9.17, 15) is 33.6 Å². The Kier molecular flexibility index (Phi) is 9.12. The maximum absolute atomic E-state index is 13.2. The summed E-state index contributed by atoms with van der Waals surface area (Å²) in [6, 6.07) is 0. The van der Waals surface area contributed by atoms with Gasteiger partial charge in [-0.15, -0.1) is 0 Å². The van der Waals surface area contributed by atoms with Crippen LogP contribution in [0.1, 0.15) is 47.0 Å². The van der Waals surface area contributed by atoms with E-state index in [0.29, 0.717) is 0 Å². The largest absolute Gasteiger partial charge is 0.481 e. The van der Waals surface area contributed by atoms with E-state index >= 15 is 0 Å². The number of carboxylic acids is 1. The van der Waals surface area contributed by atoms with Crippen molar-refractivity contribution in [2.24, 2.45) is 0 Å². The van der Waals surface area contributed by atoms with E-state index in [-0.39, 0.29) is 13.2 Å². The highest BCUT2D eigenvalue weighted by molar-refractivity contribution is 7.73. The zero-order valence-corrected chi connectivity index (χ0v) is 16.9. The molecule has 1 unspecified atom stereocenters. The summed E-state index contributed by atoms with van der Waals surface area (Å²) in [4.78, 5) is 42.2. The second kappa shape index (κ2) is 9.41. The van der Waals surface area contributed by atoms with Gasteiger partial charge < -0.3 is 33.8 Å². The average Bonchev–Trinajstić information content (AvgIpc) is 2.50. The lowest BCUT2D eigenvalue weighted by molar-refractivity contribution is -0.178. The summed E-state index contributed by atoms with van der Waals surface area (Å²) in [7, 11) is -10.6. The number of aliphatic hydroxyl groups is 1. The Morgan fingerprint density at radius 1 is 0.962 bits per heavy atom. The minimum atomic E-state index is -5.70. The van der Waals surface area contributed by atoms with Gasteiger partial charge in [0.15, 0.2) is 5.60 Å². The molecule has 26 heavy (non-hydrogen) atoms. The van der Waals surface area contributed by atoms with E-state index < -0.39 is 57.1 Å². The monoisotopic (exact) mass is 420 g/mol. The number of rotatable bonds is 12. The zero-order chi connectivity index (χ0) is 20.8. The predicted octanol–water partition coefficient (Wildman–Crippen LogP) is 1.65. The molecule has 0 aliphatic rings. The van der Waals surface area contributed by atoms with E-state index in [0.717, 1.165) is 0 Å². The van der Waals surface area contributed by atoms with Crippen LogP contribution in [0.4, 0.5) is 0 Å². The Labute approximate surface area is 151 Å². The Morgan fingerprint density at radius 3 is 1.65 bits per heavy atom. The molecule has 154 valence electrons. The van der Waals surface area contributed by atoms with Gasteiger partial charge in [0.1, 0.15) is 6.42 Å². The van der Waals surface area contributed by atoms with Gasteiger partial charge in [0.2, 0.25) is 0 Å². The van der Waals surface area contributed by atoms with Gasteiger partial charge in [-0.05, 0) is 26.7 Å². The van der Waals surface area contributed by atoms with Crippen LogP contribution in [0.5, 0.6) is 0 Å². The third kappa shape index (κ3) is 4.72. The molecule has 0 aliphatic carbocycles. The first-order valence-corrected chi connectivity index (χ1v) is 11.1. The zero-order valence-electron chi connectivity index (χ0n) is 15.1. The van der Waals surface area contributed by atoms with E-state index in [1.54, 1.807) is 0 Å². The van der Waals surface area contributed by atoms with E-state index in [4.69, 9.17) is 18.9 Å². The molecule has 0 rings (SSSR count). The van der Waals surface area contributed by atoms with Gasteiger partial charge in [-0.3, -0.25) is 18.7 Å². The molecule has 0 saturated carbocycles. The van der Waals surface area contributed by atoms with Crippen molar-refractivity contribution in [2.75, 3.05) is 13.2 Å². The van der Waals surface area contributed by atoms with Gasteiger partial charge in [0, 0.05) is 0 Å². The van der Waals surface area contributed by atoms with Crippen molar-refractivity contribution in [2.45, 2.75) is 57.6 Å². The average molecular weight is 420 g/mol. The molecule has 0 heterocycles. The number of esters is 1. The Balaban J connectivity index is 6.60. The number of carboxylic acid groups (broad SMARTS) is 1. The summed E-state index contributed by atoms with van der Waals surface area (Å²) in [6.07, 6.45) is -1.92. The first-order chi connectivity index (χ1) is 11.8. The minimum Gasteiger partial charge on any atom is -0.481 e. The molecule has 4 N–H and O–H groups in total. The molecule has 13 heteroatoms. The number of hydrogen-bond acceptors (Lipinski definition) is 8. The summed E-state index contributed by atoms with van der Waals surface area (Å²) >= 11 is 0. The summed E-state index contributed by atoms with van der Waals surface area (Å²) in [5.41, 5.74) is -2.42. The maximum atomic E-state index is 13.2. The lowest BCUT2D eigenvalue weighted by Crippen LogP contribution is -2.56. The van der Waals surface area contributed by atoms with E-state index in [2.05, 4.69) is 0 Å². The summed E-state index contributed by atoms with van der Waals surface area (Å²) in [6.45, 7) is 4.71. The lowest BCUT2D eigenvalue weighted by atomic mass is 9.97. The van der Waals surface area contributed by atoms with Crippen LogP contribution in [0.15, 0.2) is 0 Å². The van der Waals surface area contributed by atoms with Crippen molar-refractivity contribution in [3.8, 4) is 0 Å². The number of carbonyl (C=O) groups excluding carboxylic acids is 1. The first-order valence-electron chi connectivity index (χ1n) is 7.91. The molecule has 0 amide bonds. The molecule has 0 fully saturated rings. The van der Waals surface area contributed by atoms with Gasteiger partial charge in [-0.1, -0.05) is 13.8 Å². The minimum absolute atomic E-state index is 0.327. The van der Waals surface area contributed by atoms with Crippen LogP contribution in [-0.2, 0) is 32.5 Å². The normalized spacial score (nSPS) is 15.3. The fourth-order valence-corrected chi connectivity index (χ4v) is 7.04. The standard InChI is InChI=1S/C13H26O11P2/c1-5-12(6-2,24-11(16)9-10(14)15)13(17,25(18,19)20)26(21,22-7-3)23-8-4/h17H,5-9H2,1-4H3,(H,14,15)(H2,18,19,20). The highest BCUT2D eigenvalue weighted by Gasteiger charge is 2.74. The molecule has 0 aromatic heterocycles. The highest BCUT2D eigenvalue weighted by atomic mass is 31.2. The lowest BCUT2D eigenvalue weighted by Gasteiger charge is -2.46. The van der Waals surface area contributed by atoms with Crippen molar-refractivity contribution >= 4 is 27.1 Å². The van der Waals surface area contributed by atoms with Crippen molar-refractivity contribution < 1.29 is 52.5 Å². The topological polar surface area (TPSA) is 177 Å². The predicted molar refractivity (Wildman–Crippen MR) is 89.5 cm³/mol. The van der Waals surface area contributed by atoms with E-state index in [1.807, 2.05) is 0 Å². The van der Waals surface area contributed by atoms with Crippen LogP contribution in [-0.4, -0.2) is 55.8 Å². The fourth-order valence-electron chi connectivity index (χ4n) is 2.55. The van der Waals surface area contributed by atoms with E-state index in [1.165, 1.54) is 27.7 Å². The van der Waals surface area contributed by atoms with Crippen molar-refractivity contribution in [3.63, 3.8) is 0 Å². The maximum Gasteiger partial charge on any atom is 0.378 e. The molecule has 0 aliphatic heterocycles. The molecule has 0 spiro atoms. The molecule has 11 nitrogen and oxygen atoms in total. The number of aliphatic carboxylic acids is 1. The molecule has 1 atom stereocenters. The quantitative estimate of drug-likeness (QED) is 0.205. The highest BCUT2D eigenvalue weighted by Crippen LogP contribution is 2.77. The van der Waals surface area contributed by atoms with Crippen LogP contribution in [0.3, 0.4) is 0 Å². The molecular weight excluding hydrogens is 394 g/mol. The fraction of sp³-hybridized carbons (Fsp3) is 0.846. The Morgan fingerprint density at radius 2 is 1.38 bits per heavy atom. The molecule has 0 radical (unpaired) electrons. The smallest absolute Gasteiger partial charge is 0.378 e. The summed E-state index contributed by atoms with van der Waals surface area (Å²) < 4.78 is 40.2. The molecule has 0 bridgehead atoms.